The summed E-state index contributed by atoms with van der Waals surface area (Å²) >= 11 is 0. The van der Waals surface area contributed by atoms with E-state index in [0.29, 0.717) is 17.7 Å². The Balaban J connectivity index is 2.32. The number of nitrogens with zero attached hydrogens (tertiary/aromatic N) is 1. The van der Waals surface area contributed by atoms with Gasteiger partial charge in [0.2, 0.25) is 5.91 Å². The third-order valence-corrected chi connectivity index (χ3v) is 2.91. The Kier molecular flexibility index (Phi) is 2.53. The summed E-state index contributed by atoms with van der Waals surface area (Å²) in [5, 5.41) is 3.12. The van der Waals surface area contributed by atoms with Gasteiger partial charge in [0.25, 0.3) is 11.6 Å². The largest absolute Gasteiger partial charge is 0.440 e. The summed E-state index contributed by atoms with van der Waals surface area (Å²) in [6, 6.07) is -1.20. The number of carbonyl (C=O) groups excluding carboxylic acids is 3. The van der Waals surface area contributed by atoms with Crippen molar-refractivity contribution in [1.82, 2.24) is 15.5 Å². The topological polar surface area (TPSA) is 78.5 Å². The molecule has 2 N–H and O–H groups in total. The monoisotopic (exact) mass is 265 g/mol. The van der Waals surface area contributed by atoms with Crippen molar-refractivity contribution < 1.29 is 27.6 Å². The molecule has 1 saturated carbocycles. The van der Waals surface area contributed by atoms with Gasteiger partial charge in [0.15, 0.2) is 0 Å². The molecule has 2 rings (SSSR count). The van der Waals surface area contributed by atoms with Crippen molar-refractivity contribution in [1.29, 1.82) is 0 Å². The second-order valence-electron chi connectivity index (χ2n) is 4.31. The normalized spacial score (nSPS) is 28.3. The Labute approximate surface area is 99.5 Å². The molecule has 1 aliphatic carbocycles. The van der Waals surface area contributed by atoms with Crippen molar-refractivity contribution in [3.05, 3.63) is 0 Å². The lowest BCUT2D eigenvalue weighted by Gasteiger charge is -2.29. The molecule has 100 valence electrons. The maximum absolute atomic E-state index is 13.0. The van der Waals surface area contributed by atoms with Gasteiger partial charge in [0.05, 0.1) is 0 Å². The molecule has 2 aliphatic rings. The van der Waals surface area contributed by atoms with E-state index in [1.54, 1.807) is 5.32 Å². The number of imide groups is 1. The third-order valence-electron chi connectivity index (χ3n) is 2.91. The van der Waals surface area contributed by atoms with Crippen LogP contribution in [0.15, 0.2) is 0 Å². The van der Waals surface area contributed by atoms with E-state index in [1.165, 1.54) is 5.32 Å². The molecule has 2 fully saturated rings. The van der Waals surface area contributed by atoms with Crippen molar-refractivity contribution in [3.63, 3.8) is 0 Å². The van der Waals surface area contributed by atoms with Gasteiger partial charge in [-0.3, -0.25) is 19.8 Å². The lowest BCUT2D eigenvalue weighted by atomic mass is 10.1. The molecule has 18 heavy (non-hydrogen) atoms. The zero-order valence-corrected chi connectivity index (χ0v) is 9.30. The summed E-state index contributed by atoms with van der Waals surface area (Å²) in [7, 11) is 0.911. The summed E-state index contributed by atoms with van der Waals surface area (Å²) in [6.45, 7) is 0. The van der Waals surface area contributed by atoms with Crippen LogP contribution in [0, 0.1) is 5.92 Å². The van der Waals surface area contributed by atoms with Gasteiger partial charge in [0, 0.05) is 13.0 Å². The van der Waals surface area contributed by atoms with Crippen LogP contribution < -0.4 is 10.6 Å². The fourth-order valence-electron chi connectivity index (χ4n) is 1.62. The first-order chi connectivity index (χ1) is 8.19. The van der Waals surface area contributed by atoms with Crippen LogP contribution in [0.3, 0.4) is 0 Å². The van der Waals surface area contributed by atoms with E-state index in [1.807, 2.05) is 0 Å². The van der Waals surface area contributed by atoms with Crippen molar-refractivity contribution in [2.75, 3.05) is 7.05 Å². The van der Waals surface area contributed by atoms with Gasteiger partial charge in [-0.2, -0.15) is 13.2 Å². The summed E-state index contributed by atoms with van der Waals surface area (Å²) < 4.78 is 38.9. The highest BCUT2D eigenvalue weighted by molar-refractivity contribution is 6.08. The quantitative estimate of drug-likeness (QED) is 0.687. The van der Waals surface area contributed by atoms with Crippen LogP contribution in [0.4, 0.5) is 18.0 Å². The van der Waals surface area contributed by atoms with E-state index in [9.17, 15) is 27.6 Å². The van der Waals surface area contributed by atoms with Crippen LogP contribution in [-0.2, 0) is 9.59 Å². The Morgan fingerprint density at radius 1 is 1.44 bits per heavy atom. The number of urea groups is 1. The van der Waals surface area contributed by atoms with Gasteiger partial charge in [-0.05, 0) is 12.8 Å². The zero-order valence-electron chi connectivity index (χ0n) is 9.30. The molecule has 1 unspecified atom stereocenters. The van der Waals surface area contributed by atoms with E-state index in [4.69, 9.17) is 0 Å². The van der Waals surface area contributed by atoms with Gasteiger partial charge >= 0.3 is 12.2 Å². The highest BCUT2D eigenvalue weighted by Crippen LogP contribution is 2.35. The Morgan fingerprint density at radius 3 is 2.33 bits per heavy atom. The number of carbonyl (C=O) groups is 3. The van der Waals surface area contributed by atoms with E-state index >= 15 is 0 Å². The minimum absolute atomic E-state index is 0.292. The fourth-order valence-corrected chi connectivity index (χ4v) is 1.62. The van der Waals surface area contributed by atoms with Crippen LogP contribution in [-0.4, -0.2) is 41.6 Å². The number of hydrogen-bond donors (Lipinski definition) is 2. The lowest BCUT2D eigenvalue weighted by Crippen LogP contribution is -2.69. The van der Waals surface area contributed by atoms with Crippen LogP contribution in [0.25, 0.3) is 0 Å². The number of halogens is 3. The van der Waals surface area contributed by atoms with E-state index in [0.717, 1.165) is 7.05 Å². The average Bonchev–Trinajstić information content (AvgIpc) is 3.04. The molecular weight excluding hydrogens is 255 g/mol. The second kappa shape index (κ2) is 3.59. The number of nitrogens with one attached hydrogen (secondary N) is 2. The van der Waals surface area contributed by atoms with E-state index in [-0.39, 0.29) is 0 Å². The maximum Gasteiger partial charge on any atom is 0.440 e. The predicted octanol–water partition coefficient (Wildman–Crippen LogP) is -0.0472. The molecule has 0 radical (unpaired) electrons. The molecule has 1 atom stereocenters. The summed E-state index contributed by atoms with van der Waals surface area (Å²) in [5.41, 5.74) is -3.33. The molecule has 4 amide bonds. The van der Waals surface area contributed by atoms with E-state index in [2.05, 4.69) is 0 Å². The molecule has 0 bridgehead atoms. The van der Waals surface area contributed by atoms with Gasteiger partial charge in [-0.25, -0.2) is 4.79 Å². The molecular formula is C9H10F3N3O3. The molecule has 1 saturated heterocycles. The lowest BCUT2D eigenvalue weighted by molar-refractivity contribution is -0.204. The molecule has 0 aromatic heterocycles. The van der Waals surface area contributed by atoms with Crippen molar-refractivity contribution in [2.45, 2.75) is 24.7 Å². The summed E-state index contributed by atoms with van der Waals surface area (Å²) in [5.74, 6) is -2.93. The van der Waals surface area contributed by atoms with Gasteiger partial charge in [-0.15, -0.1) is 0 Å². The van der Waals surface area contributed by atoms with Crippen LogP contribution >= 0.6 is 0 Å². The Hall–Kier alpha value is -1.80. The SMILES string of the molecule is CN1C(=O)NC(NC(=O)C2CC2)(C(F)(F)F)C1=O. The maximum atomic E-state index is 13.0. The second-order valence-corrected chi connectivity index (χ2v) is 4.31. The Morgan fingerprint density at radius 2 is 2.00 bits per heavy atom. The first-order valence-corrected chi connectivity index (χ1v) is 5.18. The number of rotatable bonds is 2. The molecule has 0 aromatic rings. The summed E-state index contributed by atoms with van der Waals surface area (Å²) in [6.07, 6.45) is -4.13. The van der Waals surface area contributed by atoms with Crippen molar-refractivity contribution >= 4 is 17.8 Å². The number of likely N-dealkylation sites (N-methyl/N-ethyl adjacent to an activating group) is 1. The van der Waals surface area contributed by atoms with Crippen LogP contribution in [0.1, 0.15) is 12.8 Å². The van der Waals surface area contributed by atoms with Crippen molar-refractivity contribution in [3.8, 4) is 0 Å². The highest BCUT2D eigenvalue weighted by atomic mass is 19.4. The number of hydrogen-bond acceptors (Lipinski definition) is 3. The highest BCUT2D eigenvalue weighted by Gasteiger charge is 2.68. The molecule has 6 nitrogen and oxygen atoms in total. The minimum Gasteiger partial charge on any atom is -0.318 e. The average molecular weight is 265 g/mol. The molecule has 9 heteroatoms. The van der Waals surface area contributed by atoms with Gasteiger partial charge < -0.3 is 5.32 Å². The molecule has 1 heterocycles. The minimum atomic E-state index is -5.10. The van der Waals surface area contributed by atoms with E-state index < -0.39 is 35.6 Å². The van der Waals surface area contributed by atoms with Crippen molar-refractivity contribution in [2.24, 2.45) is 5.92 Å². The predicted molar refractivity (Wildman–Crippen MR) is 51.0 cm³/mol. The third kappa shape index (κ3) is 1.70. The first kappa shape index (κ1) is 12.7. The summed E-state index contributed by atoms with van der Waals surface area (Å²) in [4.78, 5) is 34.5. The zero-order chi connectivity index (χ0) is 13.7. The first-order valence-electron chi connectivity index (χ1n) is 5.18. The molecule has 0 spiro atoms. The smallest absolute Gasteiger partial charge is 0.318 e. The van der Waals surface area contributed by atoms with Gasteiger partial charge in [0.1, 0.15) is 0 Å². The molecule has 1 aliphatic heterocycles. The van der Waals surface area contributed by atoms with Gasteiger partial charge in [-0.1, -0.05) is 0 Å². The number of amides is 4. The standard InChI is InChI=1S/C9H10F3N3O3/c1-15-6(17)8(9(10,11)12,14-7(15)18)13-5(16)4-2-3-4/h4H,2-3H2,1H3,(H,13,16)(H,14,18). The number of alkyl halides is 3. The van der Waals surface area contributed by atoms with Crippen LogP contribution in [0.2, 0.25) is 0 Å². The fraction of sp³-hybridized carbons (Fsp3) is 0.667. The Bertz CT molecular complexity index is 433. The van der Waals surface area contributed by atoms with Crippen LogP contribution in [0.5, 0.6) is 0 Å². The molecule has 0 aromatic carbocycles.